The van der Waals surface area contributed by atoms with E-state index < -0.39 is 0 Å². The van der Waals surface area contributed by atoms with E-state index in [1.54, 1.807) is 23.1 Å². The van der Waals surface area contributed by atoms with Gasteiger partial charge in [0, 0.05) is 41.1 Å². The van der Waals surface area contributed by atoms with Crippen molar-refractivity contribution < 1.29 is 4.79 Å². The topological polar surface area (TPSA) is 59.8 Å². The molecule has 0 aliphatic heterocycles. The Bertz CT molecular complexity index is 983. The highest BCUT2D eigenvalue weighted by atomic mass is 35.5. The molecule has 1 aliphatic carbocycles. The summed E-state index contributed by atoms with van der Waals surface area (Å²) < 4.78 is 2.35. The fraction of sp³-hybridized carbons (Fsp3) is 0.435. The maximum Gasteiger partial charge on any atom is 0.221 e. The van der Waals surface area contributed by atoms with Crippen LogP contribution in [0.5, 0.6) is 0 Å². The van der Waals surface area contributed by atoms with Gasteiger partial charge in [0.2, 0.25) is 5.91 Å². The predicted octanol–water partition coefficient (Wildman–Crippen LogP) is 5.89. The van der Waals surface area contributed by atoms with Gasteiger partial charge < -0.3 is 9.88 Å². The lowest BCUT2D eigenvalue weighted by Gasteiger charge is -2.25. The van der Waals surface area contributed by atoms with Crippen molar-refractivity contribution in [3.8, 4) is 0 Å². The molecule has 1 N–H and O–H groups in total. The first-order valence-electron chi connectivity index (χ1n) is 10.8. The van der Waals surface area contributed by atoms with Crippen LogP contribution in [0.25, 0.3) is 0 Å². The van der Waals surface area contributed by atoms with Crippen LogP contribution in [0.2, 0.25) is 5.02 Å². The summed E-state index contributed by atoms with van der Waals surface area (Å²) in [6.07, 6.45) is 7.45. The number of halogens is 1. The third-order valence-electron chi connectivity index (χ3n) is 5.58. The van der Waals surface area contributed by atoms with Gasteiger partial charge in [0.1, 0.15) is 5.82 Å². The van der Waals surface area contributed by atoms with Gasteiger partial charge in [-0.15, -0.1) is 21.5 Å². The number of hydrogen-bond donors (Lipinski definition) is 1. The molecule has 0 saturated heterocycles. The molecule has 5 nitrogen and oxygen atoms in total. The summed E-state index contributed by atoms with van der Waals surface area (Å²) in [5.74, 6) is 1.74. The van der Waals surface area contributed by atoms with Crippen LogP contribution in [0, 0.1) is 0 Å². The first-order chi connectivity index (χ1) is 15.2. The summed E-state index contributed by atoms with van der Waals surface area (Å²) in [6, 6.07) is 12.3. The van der Waals surface area contributed by atoms with Crippen molar-refractivity contribution >= 4 is 40.6 Å². The Balaban J connectivity index is 1.35. The highest BCUT2D eigenvalue weighted by Gasteiger charge is 2.23. The van der Waals surface area contributed by atoms with Crippen molar-refractivity contribution in [2.75, 3.05) is 5.75 Å². The van der Waals surface area contributed by atoms with E-state index in [0.717, 1.165) is 23.0 Å². The highest BCUT2D eigenvalue weighted by Crippen LogP contribution is 2.33. The Morgan fingerprint density at radius 1 is 1.16 bits per heavy atom. The van der Waals surface area contributed by atoms with Gasteiger partial charge >= 0.3 is 0 Å². The smallest absolute Gasteiger partial charge is 0.221 e. The standard InChI is InChI=1S/C23H27ClN4OS2/c24-20-11-5-4-7-17(20)16-25-22(29)12-14-31-23-27-26-21(15-19-10-6-13-30-19)28(23)18-8-2-1-3-9-18/h4-7,10-11,13,18H,1-3,8-9,12,14-16H2,(H,25,29). The minimum absolute atomic E-state index is 0.0231. The number of rotatable bonds is 9. The number of amides is 1. The maximum atomic E-state index is 12.3. The van der Waals surface area contributed by atoms with E-state index in [1.165, 1.54) is 37.0 Å². The molecule has 0 spiro atoms. The van der Waals surface area contributed by atoms with Gasteiger partial charge in [0.15, 0.2) is 5.16 Å². The molecule has 4 rings (SSSR count). The highest BCUT2D eigenvalue weighted by molar-refractivity contribution is 7.99. The molecule has 1 aliphatic rings. The van der Waals surface area contributed by atoms with E-state index >= 15 is 0 Å². The number of benzene rings is 1. The molecule has 1 saturated carbocycles. The molecule has 0 unspecified atom stereocenters. The minimum Gasteiger partial charge on any atom is -0.352 e. The SMILES string of the molecule is O=C(CCSc1nnc(Cc2cccs2)n1C1CCCCC1)NCc1ccccc1Cl. The van der Waals surface area contributed by atoms with Crippen molar-refractivity contribution in [3.63, 3.8) is 0 Å². The number of carbonyl (C=O) groups excluding carboxylic acids is 1. The molecular formula is C23H27ClN4OS2. The molecule has 2 heterocycles. The molecule has 1 amide bonds. The lowest BCUT2D eigenvalue weighted by molar-refractivity contribution is -0.120. The number of nitrogens with one attached hydrogen (secondary N) is 1. The van der Waals surface area contributed by atoms with Gasteiger partial charge in [-0.05, 0) is 35.9 Å². The predicted molar refractivity (Wildman–Crippen MR) is 128 cm³/mol. The van der Waals surface area contributed by atoms with Gasteiger partial charge in [0.25, 0.3) is 0 Å². The van der Waals surface area contributed by atoms with Crippen molar-refractivity contribution in [1.29, 1.82) is 0 Å². The summed E-state index contributed by atoms with van der Waals surface area (Å²) in [4.78, 5) is 13.6. The van der Waals surface area contributed by atoms with Crippen molar-refractivity contribution in [2.24, 2.45) is 0 Å². The van der Waals surface area contributed by atoms with Crippen molar-refractivity contribution in [1.82, 2.24) is 20.1 Å². The van der Waals surface area contributed by atoms with Crippen LogP contribution in [0.1, 0.15) is 60.8 Å². The molecule has 3 aromatic rings. The number of thiophene rings is 1. The Morgan fingerprint density at radius 3 is 2.77 bits per heavy atom. The molecule has 0 bridgehead atoms. The second kappa shape index (κ2) is 11.2. The molecule has 8 heteroatoms. The van der Waals surface area contributed by atoms with E-state index in [1.807, 2.05) is 24.3 Å². The van der Waals surface area contributed by atoms with Crippen molar-refractivity contribution in [2.45, 2.75) is 62.7 Å². The van der Waals surface area contributed by atoms with Gasteiger partial charge in [-0.25, -0.2) is 0 Å². The number of hydrogen-bond acceptors (Lipinski definition) is 5. The monoisotopic (exact) mass is 474 g/mol. The summed E-state index contributed by atoms with van der Waals surface area (Å²) in [5, 5.41) is 15.7. The molecule has 2 aromatic heterocycles. The molecule has 31 heavy (non-hydrogen) atoms. The summed E-state index contributed by atoms with van der Waals surface area (Å²) >= 11 is 9.56. The van der Waals surface area contributed by atoms with Crippen LogP contribution in [0.3, 0.4) is 0 Å². The Hall–Kier alpha value is -1.83. The zero-order valence-electron chi connectivity index (χ0n) is 17.4. The van der Waals surface area contributed by atoms with Crippen LogP contribution in [0.15, 0.2) is 46.9 Å². The number of nitrogens with zero attached hydrogens (tertiary/aromatic N) is 3. The Morgan fingerprint density at radius 2 is 2.00 bits per heavy atom. The third-order valence-corrected chi connectivity index (χ3v) is 7.77. The third kappa shape index (κ3) is 6.11. The van der Waals surface area contributed by atoms with Gasteiger partial charge in [-0.3, -0.25) is 4.79 Å². The largest absolute Gasteiger partial charge is 0.352 e. The fourth-order valence-corrected chi connectivity index (χ4v) is 5.83. The number of carbonyl (C=O) groups is 1. The van der Waals surface area contributed by atoms with E-state index in [0.29, 0.717) is 29.8 Å². The normalized spacial score (nSPS) is 14.6. The van der Waals surface area contributed by atoms with Crippen LogP contribution >= 0.6 is 34.7 Å². The molecular weight excluding hydrogens is 448 g/mol. The maximum absolute atomic E-state index is 12.3. The van der Waals surface area contributed by atoms with Gasteiger partial charge in [-0.2, -0.15) is 0 Å². The van der Waals surface area contributed by atoms with E-state index in [2.05, 4.69) is 37.6 Å². The Labute approximate surface area is 196 Å². The fourth-order valence-electron chi connectivity index (χ4n) is 3.96. The van der Waals surface area contributed by atoms with Crippen LogP contribution < -0.4 is 5.32 Å². The van der Waals surface area contributed by atoms with Crippen LogP contribution in [-0.2, 0) is 17.8 Å². The number of aromatic nitrogens is 3. The first kappa shape index (κ1) is 22.4. The Kier molecular flexibility index (Phi) is 8.05. The summed E-state index contributed by atoms with van der Waals surface area (Å²) in [6.45, 7) is 0.451. The van der Waals surface area contributed by atoms with E-state index in [-0.39, 0.29) is 5.91 Å². The zero-order valence-corrected chi connectivity index (χ0v) is 19.8. The van der Waals surface area contributed by atoms with Gasteiger partial charge in [0.05, 0.1) is 0 Å². The first-order valence-corrected chi connectivity index (χ1v) is 13.0. The number of thioether (sulfide) groups is 1. The van der Waals surface area contributed by atoms with Crippen LogP contribution in [-0.4, -0.2) is 26.4 Å². The van der Waals surface area contributed by atoms with Crippen LogP contribution in [0.4, 0.5) is 0 Å². The van der Waals surface area contributed by atoms with Crippen molar-refractivity contribution in [3.05, 3.63) is 63.1 Å². The average Bonchev–Trinajstić information content (AvgIpc) is 3.44. The summed E-state index contributed by atoms with van der Waals surface area (Å²) in [5.41, 5.74) is 0.931. The second-order valence-corrected chi connectivity index (χ2v) is 10.3. The average molecular weight is 475 g/mol. The molecule has 0 atom stereocenters. The molecule has 164 valence electrons. The van der Waals surface area contributed by atoms with E-state index in [4.69, 9.17) is 11.6 Å². The van der Waals surface area contributed by atoms with Gasteiger partial charge in [-0.1, -0.05) is 66.9 Å². The lowest BCUT2D eigenvalue weighted by Crippen LogP contribution is -2.23. The molecule has 1 fully saturated rings. The molecule has 1 aromatic carbocycles. The lowest BCUT2D eigenvalue weighted by atomic mass is 9.95. The van der Waals surface area contributed by atoms with E-state index in [9.17, 15) is 4.79 Å². The minimum atomic E-state index is 0.0231. The molecule has 0 radical (unpaired) electrons. The quantitative estimate of drug-likeness (QED) is 0.393. The summed E-state index contributed by atoms with van der Waals surface area (Å²) in [7, 11) is 0. The second-order valence-electron chi connectivity index (χ2n) is 7.78. The zero-order chi connectivity index (χ0) is 21.5.